The Morgan fingerprint density at radius 2 is 2.11 bits per heavy atom. The zero-order valence-corrected chi connectivity index (χ0v) is 11.2. The number of nitrogens with two attached hydrogens (primary N) is 1. The van der Waals surface area contributed by atoms with E-state index in [1.807, 2.05) is 18.2 Å². The number of halogens is 1. The summed E-state index contributed by atoms with van der Waals surface area (Å²) in [7, 11) is 0. The summed E-state index contributed by atoms with van der Waals surface area (Å²) in [5, 5.41) is 0.790. The highest BCUT2D eigenvalue weighted by Crippen LogP contribution is 2.34. The lowest BCUT2D eigenvalue weighted by Gasteiger charge is -2.21. The third kappa shape index (κ3) is 1.76. The fraction of sp³-hybridized carbons (Fsp3) is 0.333. The number of hydrogen-bond acceptors (Lipinski definition) is 1. The fourth-order valence-electron chi connectivity index (χ4n) is 2.91. The van der Waals surface area contributed by atoms with Gasteiger partial charge in [-0.1, -0.05) is 23.7 Å². The molecular formula is C15H17ClN2. The van der Waals surface area contributed by atoms with Crippen LogP contribution in [0.2, 0.25) is 5.02 Å². The molecular weight excluding hydrogens is 244 g/mol. The SMILES string of the molecule is Cc1cc2c(n1-c1ccccc1Cl)CCCC2N. The van der Waals surface area contributed by atoms with E-state index in [2.05, 4.69) is 23.6 Å². The van der Waals surface area contributed by atoms with E-state index in [-0.39, 0.29) is 6.04 Å². The number of rotatable bonds is 1. The molecule has 0 saturated heterocycles. The number of aromatic nitrogens is 1. The van der Waals surface area contributed by atoms with E-state index in [0.29, 0.717) is 0 Å². The molecule has 1 aromatic heterocycles. The molecule has 0 aliphatic heterocycles. The summed E-state index contributed by atoms with van der Waals surface area (Å²) in [6.45, 7) is 2.12. The van der Waals surface area contributed by atoms with E-state index in [1.165, 1.54) is 17.0 Å². The predicted octanol–water partition coefficient (Wildman–Crippen LogP) is 3.78. The highest BCUT2D eigenvalue weighted by Gasteiger charge is 2.23. The average molecular weight is 261 g/mol. The molecule has 0 fully saturated rings. The lowest BCUT2D eigenvalue weighted by atomic mass is 9.93. The van der Waals surface area contributed by atoms with Crippen molar-refractivity contribution in [1.29, 1.82) is 0 Å². The van der Waals surface area contributed by atoms with Crippen LogP contribution in [0.5, 0.6) is 0 Å². The second-order valence-corrected chi connectivity index (χ2v) is 5.38. The van der Waals surface area contributed by atoms with Gasteiger partial charge in [-0.3, -0.25) is 0 Å². The molecule has 0 bridgehead atoms. The maximum atomic E-state index is 6.31. The molecule has 1 unspecified atom stereocenters. The Bertz CT molecular complexity index is 586. The minimum absolute atomic E-state index is 0.177. The molecule has 0 amide bonds. The number of nitrogens with zero attached hydrogens (tertiary/aromatic N) is 1. The van der Waals surface area contributed by atoms with Gasteiger partial charge in [-0.2, -0.15) is 0 Å². The molecule has 18 heavy (non-hydrogen) atoms. The molecule has 3 rings (SSSR count). The molecule has 0 saturated carbocycles. The molecule has 0 radical (unpaired) electrons. The van der Waals surface area contributed by atoms with Crippen LogP contribution in [-0.4, -0.2) is 4.57 Å². The van der Waals surface area contributed by atoms with Crippen LogP contribution in [0.25, 0.3) is 5.69 Å². The monoisotopic (exact) mass is 260 g/mol. The molecule has 0 spiro atoms. The Balaban J connectivity index is 2.22. The zero-order valence-electron chi connectivity index (χ0n) is 10.5. The van der Waals surface area contributed by atoms with Gasteiger partial charge in [0.15, 0.2) is 0 Å². The van der Waals surface area contributed by atoms with Gasteiger partial charge in [-0.25, -0.2) is 0 Å². The number of hydrogen-bond donors (Lipinski definition) is 1. The van der Waals surface area contributed by atoms with Gasteiger partial charge < -0.3 is 10.3 Å². The van der Waals surface area contributed by atoms with Crippen molar-refractivity contribution < 1.29 is 0 Å². The van der Waals surface area contributed by atoms with E-state index in [4.69, 9.17) is 17.3 Å². The lowest BCUT2D eigenvalue weighted by molar-refractivity contribution is 0.560. The van der Waals surface area contributed by atoms with Crippen LogP contribution < -0.4 is 5.73 Å². The van der Waals surface area contributed by atoms with E-state index < -0.39 is 0 Å². The van der Waals surface area contributed by atoms with Crippen LogP contribution in [-0.2, 0) is 6.42 Å². The van der Waals surface area contributed by atoms with Crippen molar-refractivity contribution in [1.82, 2.24) is 4.57 Å². The fourth-order valence-corrected chi connectivity index (χ4v) is 3.13. The van der Waals surface area contributed by atoms with Gasteiger partial charge in [0, 0.05) is 17.4 Å². The molecule has 94 valence electrons. The van der Waals surface area contributed by atoms with Gasteiger partial charge in [0.2, 0.25) is 0 Å². The Morgan fingerprint density at radius 1 is 1.33 bits per heavy atom. The van der Waals surface area contributed by atoms with Gasteiger partial charge in [0.25, 0.3) is 0 Å². The van der Waals surface area contributed by atoms with Crippen molar-refractivity contribution in [2.45, 2.75) is 32.2 Å². The van der Waals surface area contributed by atoms with Crippen molar-refractivity contribution in [2.75, 3.05) is 0 Å². The molecule has 3 heteroatoms. The maximum Gasteiger partial charge on any atom is 0.0646 e. The summed E-state index contributed by atoms with van der Waals surface area (Å²) in [5.41, 5.74) is 11.1. The van der Waals surface area contributed by atoms with Gasteiger partial charge in [-0.15, -0.1) is 0 Å². The topological polar surface area (TPSA) is 30.9 Å². The van der Waals surface area contributed by atoms with Crippen LogP contribution in [0.15, 0.2) is 30.3 Å². The van der Waals surface area contributed by atoms with Gasteiger partial charge in [0.1, 0.15) is 0 Å². The second kappa shape index (κ2) is 4.45. The first-order chi connectivity index (χ1) is 8.68. The minimum Gasteiger partial charge on any atom is -0.324 e. The first-order valence-corrected chi connectivity index (χ1v) is 6.78. The number of para-hydroxylation sites is 1. The first kappa shape index (κ1) is 11.8. The van der Waals surface area contributed by atoms with Gasteiger partial charge in [-0.05, 0) is 49.9 Å². The lowest BCUT2D eigenvalue weighted by Crippen LogP contribution is -2.18. The van der Waals surface area contributed by atoms with Gasteiger partial charge in [0.05, 0.1) is 10.7 Å². The van der Waals surface area contributed by atoms with Crippen LogP contribution in [0.1, 0.15) is 35.8 Å². The van der Waals surface area contributed by atoms with Crippen molar-refractivity contribution in [3.05, 3.63) is 52.3 Å². The molecule has 1 heterocycles. The smallest absolute Gasteiger partial charge is 0.0646 e. The summed E-state index contributed by atoms with van der Waals surface area (Å²) < 4.78 is 2.26. The molecule has 2 nitrogen and oxygen atoms in total. The molecule has 1 atom stereocenters. The van der Waals surface area contributed by atoms with E-state index in [0.717, 1.165) is 30.0 Å². The Morgan fingerprint density at radius 3 is 2.89 bits per heavy atom. The standard InChI is InChI=1S/C15H17ClN2/c1-10-9-11-13(17)6-4-8-14(11)18(10)15-7-3-2-5-12(15)16/h2-3,5,7,9,13H,4,6,8,17H2,1H3. The number of fused-ring (bicyclic) bond motifs is 1. The minimum atomic E-state index is 0.177. The van der Waals surface area contributed by atoms with Crippen molar-refractivity contribution >= 4 is 11.6 Å². The highest BCUT2D eigenvalue weighted by atomic mass is 35.5. The van der Waals surface area contributed by atoms with E-state index in [1.54, 1.807) is 0 Å². The quantitative estimate of drug-likeness (QED) is 0.831. The normalized spacial score (nSPS) is 18.7. The third-order valence-corrected chi connectivity index (χ3v) is 4.06. The second-order valence-electron chi connectivity index (χ2n) is 4.97. The number of aryl methyl sites for hydroxylation is 1. The summed E-state index contributed by atoms with van der Waals surface area (Å²) in [6.07, 6.45) is 3.32. The largest absolute Gasteiger partial charge is 0.324 e. The summed E-state index contributed by atoms with van der Waals surface area (Å²) in [4.78, 5) is 0. The van der Waals surface area contributed by atoms with E-state index in [9.17, 15) is 0 Å². The Kier molecular flexibility index (Phi) is 2.92. The zero-order chi connectivity index (χ0) is 12.7. The highest BCUT2D eigenvalue weighted by molar-refractivity contribution is 6.32. The Hall–Kier alpha value is -1.25. The van der Waals surface area contributed by atoms with Crippen molar-refractivity contribution in [3.63, 3.8) is 0 Å². The van der Waals surface area contributed by atoms with Crippen LogP contribution in [0.4, 0.5) is 0 Å². The molecule has 2 aromatic rings. The maximum absolute atomic E-state index is 6.31. The molecule has 1 aromatic carbocycles. The summed E-state index contributed by atoms with van der Waals surface area (Å²) in [5.74, 6) is 0. The predicted molar refractivity (Wildman–Crippen MR) is 75.4 cm³/mol. The van der Waals surface area contributed by atoms with Gasteiger partial charge >= 0.3 is 0 Å². The average Bonchev–Trinajstić information content (AvgIpc) is 2.68. The van der Waals surface area contributed by atoms with Crippen molar-refractivity contribution in [2.24, 2.45) is 5.73 Å². The third-order valence-electron chi connectivity index (χ3n) is 3.74. The van der Waals surface area contributed by atoms with Crippen LogP contribution in [0, 0.1) is 6.92 Å². The summed E-state index contributed by atoms with van der Waals surface area (Å²) >= 11 is 6.31. The van der Waals surface area contributed by atoms with Crippen LogP contribution in [0.3, 0.4) is 0 Å². The summed E-state index contributed by atoms with van der Waals surface area (Å²) in [6, 6.07) is 10.4. The Labute approximate surface area is 112 Å². The number of benzene rings is 1. The van der Waals surface area contributed by atoms with Crippen molar-refractivity contribution in [3.8, 4) is 5.69 Å². The molecule has 2 N–H and O–H groups in total. The van der Waals surface area contributed by atoms with Crippen LogP contribution >= 0.6 is 11.6 Å². The molecule has 1 aliphatic rings. The van der Waals surface area contributed by atoms with E-state index >= 15 is 0 Å². The first-order valence-electron chi connectivity index (χ1n) is 6.40. The molecule has 1 aliphatic carbocycles.